The van der Waals surface area contributed by atoms with Crippen LogP contribution in [0.2, 0.25) is 0 Å². The minimum absolute atomic E-state index is 0. The van der Waals surface area contributed by atoms with Gasteiger partial charge < -0.3 is 5.32 Å². The average Bonchev–Trinajstić information content (AvgIpc) is 2.65. The lowest BCUT2D eigenvalue weighted by Crippen LogP contribution is -2.16. The van der Waals surface area contributed by atoms with Gasteiger partial charge in [0.15, 0.2) is 0 Å². The van der Waals surface area contributed by atoms with Gasteiger partial charge in [-0.3, -0.25) is 0 Å². The van der Waals surface area contributed by atoms with E-state index in [0.717, 1.165) is 19.5 Å². The molecule has 1 aliphatic carbocycles. The molecule has 15 heavy (non-hydrogen) atoms. The second-order valence-corrected chi connectivity index (χ2v) is 5.10. The Morgan fingerprint density at radius 1 is 1.20 bits per heavy atom. The summed E-state index contributed by atoms with van der Waals surface area (Å²) in [6, 6.07) is 0. The molecule has 0 aromatic rings. The highest BCUT2D eigenvalue weighted by molar-refractivity contribution is 5.85. The zero-order chi connectivity index (χ0) is 10.4. The smallest absolute Gasteiger partial charge is 0.257 e. The molecule has 2 fully saturated rings. The summed E-state index contributed by atoms with van der Waals surface area (Å²) in [5, 5.41) is 3.21. The van der Waals surface area contributed by atoms with Crippen molar-refractivity contribution in [2.75, 3.05) is 13.1 Å². The number of hydrogen-bond donors (Lipinski definition) is 1. The highest BCUT2D eigenvalue weighted by atomic mass is 35.5. The van der Waals surface area contributed by atoms with Crippen molar-refractivity contribution in [2.45, 2.75) is 39.0 Å². The van der Waals surface area contributed by atoms with Crippen LogP contribution in [0, 0.1) is 17.3 Å². The van der Waals surface area contributed by atoms with Gasteiger partial charge in [0.1, 0.15) is 0 Å². The molecule has 0 aromatic carbocycles. The van der Waals surface area contributed by atoms with E-state index >= 15 is 0 Å². The molecule has 1 heterocycles. The van der Waals surface area contributed by atoms with Gasteiger partial charge >= 0.3 is 0 Å². The highest BCUT2D eigenvalue weighted by Crippen LogP contribution is 2.72. The van der Waals surface area contributed by atoms with Crippen molar-refractivity contribution in [1.82, 2.24) is 5.32 Å². The third kappa shape index (κ3) is 1.78. The topological polar surface area (TPSA) is 12.0 Å². The van der Waals surface area contributed by atoms with Crippen molar-refractivity contribution in [1.29, 1.82) is 0 Å². The molecule has 90 valence electrons. The summed E-state index contributed by atoms with van der Waals surface area (Å²) < 4.78 is 27.5. The number of nitrogens with one attached hydrogen (secondary N) is 1. The summed E-state index contributed by atoms with van der Waals surface area (Å²) in [5.41, 5.74) is -0.648. The molecular formula is C11H20ClF2N. The van der Waals surface area contributed by atoms with Crippen LogP contribution in [0.3, 0.4) is 0 Å². The van der Waals surface area contributed by atoms with Crippen LogP contribution in [-0.2, 0) is 0 Å². The molecular weight excluding hydrogens is 220 g/mol. The van der Waals surface area contributed by atoms with Crippen molar-refractivity contribution in [3.05, 3.63) is 0 Å². The molecule has 0 bridgehead atoms. The van der Waals surface area contributed by atoms with E-state index < -0.39 is 11.3 Å². The maximum absolute atomic E-state index is 13.7. The quantitative estimate of drug-likeness (QED) is 0.742. The zero-order valence-corrected chi connectivity index (χ0v) is 10.2. The minimum Gasteiger partial charge on any atom is -0.317 e. The van der Waals surface area contributed by atoms with Gasteiger partial charge in [-0.1, -0.05) is 13.8 Å². The second-order valence-electron chi connectivity index (χ2n) is 5.10. The van der Waals surface area contributed by atoms with E-state index in [1.165, 1.54) is 0 Å². The first-order valence-corrected chi connectivity index (χ1v) is 5.61. The predicted molar refractivity (Wildman–Crippen MR) is 59.7 cm³/mol. The van der Waals surface area contributed by atoms with Gasteiger partial charge in [-0.2, -0.15) is 0 Å². The van der Waals surface area contributed by atoms with Crippen molar-refractivity contribution in [2.24, 2.45) is 17.3 Å². The SMILES string of the molecule is CC(C)C1C(F)(F)C12CCCNCC2.Cl. The third-order valence-electron chi connectivity index (χ3n) is 3.96. The Morgan fingerprint density at radius 3 is 2.40 bits per heavy atom. The summed E-state index contributed by atoms with van der Waals surface area (Å²) in [7, 11) is 0. The van der Waals surface area contributed by atoms with Gasteiger partial charge in [0, 0.05) is 11.3 Å². The van der Waals surface area contributed by atoms with Crippen LogP contribution in [0.5, 0.6) is 0 Å². The molecule has 2 atom stereocenters. The lowest BCUT2D eigenvalue weighted by atomic mass is 9.90. The summed E-state index contributed by atoms with van der Waals surface area (Å²) in [6.45, 7) is 5.51. The molecule has 2 rings (SSSR count). The molecule has 1 N–H and O–H groups in total. The Hall–Kier alpha value is 0.110. The van der Waals surface area contributed by atoms with Crippen LogP contribution < -0.4 is 5.32 Å². The Labute approximate surface area is 96.4 Å². The number of alkyl halides is 2. The second kappa shape index (κ2) is 4.17. The van der Waals surface area contributed by atoms with Gasteiger partial charge in [-0.15, -0.1) is 12.4 Å². The van der Waals surface area contributed by atoms with Gasteiger partial charge in [-0.05, 0) is 38.3 Å². The van der Waals surface area contributed by atoms with E-state index in [4.69, 9.17) is 0 Å². The van der Waals surface area contributed by atoms with Gasteiger partial charge in [0.25, 0.3) is 5.92 Å². The molecule has 1 saturated heterocycles. The van der Waals surface area contributed by atoms with Crippen molar-refractivity contribution >= 4 is 12.4 Å². The van der Waals surface area contributed by atoms with Crippen LogP contribution in [0.15, 0.2) is 0 Å². The Kier molecular flexibility index (Phi) is 3.66. The third-order valence-corrected chi connectivity index (χ3v) is 3.96. The summed E-state index contributed by atoms with van der Waals surface area (Å²) >= 11 is 0. The Bertz CT molecular complexity index is 223. The lowest BCUT2D eigenvalue weighted by Gasteiger charge is -2.13. The van der Waals surface area contributed by atoms with E-state index in [-0.39, 0.29) is 24.2 Å². The number of hydrogen-bond acceptors (Lipinski definition) is 1. The number of rotatable bonds is 1. The fourth-order valence-electron chi connectivity index (χ4n) is 3.33. The first-order valence-electron chi connectivity index (χ1n) is 5.61. The van der Waals surface area contributed by atoms with Crippen LogP contribution in [0.25, 0.3) is 0 Å². The van der Waals surface area contributed by atoms with E-state index in [0.29, 0.717) is 12.8 Å². The lowest BCUT2D eigenvalue weighted by molar-refractivity contribution is 0.0496. The van der Waals surface area contributed by atoms with E-state index in [1.807, 2.05) is 13.8 Å². The van der Waals surface area contributed by atoms with E-state index in [1.54, 1.807) is 0 Å². The van der Waals surface area contributed by atoms with Crippen LogP contribution in [0.1, 0.15) is 33.1 Å². The van der Waals surface area contributed by atoms with Crippen LogP contribution in [0.4, 0.5) is 8.78 Å². The molecule has 0 amide bonds. The fourth-order valence-corrected chi connectivity index (χ4v) is 3.33. The molecule has 2 unspecified atom stereocenters. The predicted octanol–water partition coefficient (Wildman–Crippen LogP) is 3.09. The molecule has 0 radical (unpaired) electrons. The van der Waals surface area contributed by atoms with Gasteiger partial charge in [0.05, 0.1) is 0 Å². The van der Waals surface area contributed by atoms with Gasteiger partial charge in [-0.25, -0.2) is 8.78 Å². The maximum Gasteiger partial charge on any atom is 0.257 e. The Morgan fingerprint density at radius 2 is 1.87 bits per heavy atom. The molecule has 1 nitrogen and oxygen atoms in total. The standard InChI is InChI=1S/C11H19F2N.ClH/c1-8(2)9-10(11(9,12)13)4-3-6-14-7-5-10;/h8-9,14H,3-7H2,1-2H3;1H. The fraction of sp³-hybridized carbons (Fsp3) is 1.00. The van der Waals surface area contributed by atoms with Crippen LogP contribution in [-0.4, -0.2) is 19.0 Å². The summed E-state index contributed by atoms with van der Waals surface area (Å²) in [4.78, 5) is 0. The molecule has 4 heteroatoms. The molecule has 1 saturated carbocycles. The monoisotopic (exact) mass is 239 g/mol. The Balaban J connectivity index is 0.00000112. The largest absolute Gasteiger partial charge is 0.317 e. The van der Waals surface area contributed by atoms with Crippen molar-refractivity contribution in [3.8, 4) is 0 Å². The average molecular weight is 240 g/mol. The molecule has 1 aliphatic heterocycles. The maximum atomic E-state index is 13.7. The minimum atomic E-state index is -2.40. The highest BCUT2D eigenvalue weighted by Gasteiger charge is 2.79. The summed E-state index contributed by atoms with van der Waals surface area (Å²) in [5.74, 6) is -2.65. The van der Waals surface area contributed by atoms with E-state index in [9.17, 15) is 8.78 Å². The van der Waals surface area contributed by atoms with E-state index in [2.05, 4.69) is 5.32 Å². The summed E-state index contributed by atoms with van der Waals surface area (Å²) in [6.07, 6.45) is 2.26. The zero-order valence-electron chi connectivity index (χ0n) is 9.35. The molecule has 1 spiro atoms. The van der Waals surface area contributed by atoms with Crippen molar-refractivity contribution < 1.29 is 8.78 Å². The van der Waals surface area contributed by atoms with Gasteiger partial charge in [0.2, 0.25) is 0 Å². The normalized spacial score (nSPS) is 38.6. The number of halogens is 3. The van der Waals surface area contributed by atoms with Crippen LogP contribution >= 0.6 is 12.4 Å². The van der Waals surface area contributed by atoms with Crippen molar-refractivity contribution in [3.63, 3.8) is 0 Å². The first-order chi connectivity index (χ1) is 6.52. The molecule has 0 aromatic heterocycles. The first kappa shape index (κ1) is 13.2. The molecule has 2 aliphatic rings.